The molecule has 0 atom stereocenters. The van der Waals surface area contributed by atoms with Gasteiger partial charge < -0.3 is 14.8 Å². The first-order valence-electron chi connectivity index (χ1n) is 6.46. The molecule has 2 aromatic carbocycles. The molecular formula is C16H16ClNO3. The summed E-state index contributed by atoms with van der Waals surface area (Å²) < 4.78 is 10.6. The Hall–Kier alpha value is -2.20. The van der Waals surface area contributed by atoms with E-state index in [1.54, 1.807) is 25.3 Å². The number of rotatable bonds is 6. The molecule has 0 aliphatic heterocycles. The lowest BCUT2D eigenvalue weighted by Gasteiger charge is -2.10. The van der Waals surface area contributed by atoms with Crippen LogP contribution in [0.2, 0.25) is 5.02 Å². The number of para-hydroxylation sites is 2. The second-order valence-corrected chi connectivity index (χ2v) is 4.78. The van der Waals surface area contributed by atoms with E-state index in [2.05, 4.69) is 5.32 Å². The van der Waals surface area contributed by atoms with Crippen LogP contribution in [-0.4, -0.2) is 19.6 Å². The second-order valence-electron chi connectivity index (χ2n) is 4.35. The molecule has 1 N–H and O–H groups in total. The average Bonchev–Trinajstić information content (AvgIpc) is 2.51. The minimum Gasteiger partial charge on any atom is -0.493 e. The quantitative estimate of drug-likeness (QED) is 0.892. The smallest absolute Gasteiger partial charge is 0.258 e. The SMILES string of the molecule is COc1ccccc1OCC(=O)NCc1cccc(Cl)c1. The van der Waals surface area contributed by atoms with Gasteiger partial charge in [0.15, 0.2) is 18.1 Å². The summed E-state index contributed by atoms with van der Waals surface area (Å²) in [5, 5.41) is 3.42. The van der Waals surface area contributed by atoms with Crippen molar-refractivity contribution in [2.45, 2.75) is 6.54 Å². The average molecular weight is 306 g/mol. The number of amides is 1. The fourth-order valence-corrected chi connectivity index (χ4v) is 1.99. The van der Waals surface area contributed by atoms with Crippen molar-refractivity contribution >= 4 is 17.5 Å². The summed E-state index contributed by atoms with van der Waals surface area (Å²) in [5.41, 5.74) is 0.938. The van der Waals surface area contributed by atoms with Crippen molar-refractivity contribution in [3.05, 3.63) is 59.1 Å². The lowest BCUT2D eigenvalue weighted by atomic mass is 10.2. The fourth-order valence-electron chi connectivity index (χ4n) is 1.78. The van der Waals surface area contributed by atoms with Gasteiger partial charge in [0.2, 0.25) is 0 Å². The number of nitrogens with one attached hydrogen (secondary N) is 1. The van der Waals surface area contributed by atoms with Crippen LogP contribution in [0.25, 0.3) is 0 Å². The molecule has 110 valence electrons. The van der Waals surface area contributed by atoms with Crippen LogP contribution in [0, 0.1) is 0 Å². The van der Waals surface area contributed by atoms with E-state index >= 15 is 0 Å². The molecule has 2 aromatic rings. The summed E-state index contributed by atoms with van der Waals surface area (Å²) >= 11 is 5.88. The van der Waals surface area contributed by atoms with E-state index in [1.165, 1.54) is 0 Å². The molecular weight excluding hydrogens is 290 g/mol. The van der Waals surface area contributed by atoms with E-state index in [4.69, 9.17) is 21.1 Å². The summed E-state index contributed by atoms with van der Waals surface area (Å²) in [6.07, 6.45) is 0. The van der Waals surface area contributed by atoms with Gasteiger partial charge in [0.1, 0.15) is 0 Å². The maximum absolute atomic E-state index is 11.8. The van der Waals surface area contributed by atoms with Crippen LogP contribution in [0.5, 0.6) is 11.5 Å². The maximum Gasteiger partial charge on any atom is 0.258 e. The predicted molar refractivity (Wildman–Crippen MR) is 81.8 cm³/mol. The van der Waals surface area contributed by atoms with Crippen LogP contribution in [0.4, 0.5) is 0 Å². The molecule has 0 spiro atoms. The molecule has 1 amide bonds. The first kappa shape index (κ1) is 15.2. The van der Waals surface area contributed by atoms with Gasteiger partial charge in [0, 0.05) is 11.6 Å². The van der Waals surface area contributed by atoms with Gasteiger partial charge in [0.05, 0.1) is 7.11 Å². The van der Waals surface area contributed by atoms with Gasteiger partial charge in [-0.3, -0.25) is 4.79 Å². The standard InChI is InChI=1S/C16H16ClNO3/c1-20-14-7-2-3-8-15(14)21-11-16(19)18-10-12-5-4-6-13(17)9-12/h2-9H,10-11H2,1H3,(H,18,19). The van der Waals surface area contributed by atoms with Crippen LogP contribution in [0.3, 0.4) is 0 Å². The Morgan fingerprint density at radius 2 is 1.90 bits per heavy atom. The Morgan fingerprint density at radius 3 is 2.62 bits per heavy atom. The van der Waals surface area contributed by atoms with Gasteiger partial charge >= 0.3 is 0 Å². The summed E-state index contributed by atoms with van der Waals surface area (Å²) in [6, 6.07) is 14.5. The van der Waals surface area contributed by atoms with Crippen molar-refractivity contribution in [2.75, 3.05) is 13.7 Å². The van der Waals surface area contributed by atoms with Crippen LogP contribution < -0.4 is 14.8 Å². The number of carbonyl (C=O) groups excluding carboxylic acids is 1. The van der Waals surface area contributed by atoms with Crippen molar-refractivity contribution < 1.29 is 14.3 Å². The van der Waals surface area contributed by atoms with E-state index in [0.29, 0.717) is 23.1 Å². The van der Waals surface area contributed by atoms with Gasteiger partial charge in [-0.1, -0.05) is 35.9 Å². The molecule has 0 heterocycles. The minimum atomic E-state index is -0.208. The molecule has 0 saturated carbocycles. The Labute approximate surface area is 128 Å². The molecule has 0 aromatic heterocycles. The highest BCUT2D eigenvalue weighted by Crippen LogP contribution is 2.25. The Morgan fingerprint density at radius 1 is 1.14 bits per heavy atom. The zero-order chi connectivity index (χ0) is 15.1. The fraction of sp³-hybridized carbons (Fsp3) is 0.188. The molecule has 0 aliphatic rings. The monoisotopic (exact) mass is 305 g/mol. The topological polar surface area (TPSA) is 47.6 Å². The van der Waals surface area contributed by atoms with Crippen LogP contribution >= 0.6 is 11.6 Å². The number of benzene rings is 2. The first-order chi connectivity index (χ1) is 10.2. The lowest BCUT2D eigenvalue weighted by molar-refractivity contribution is -0.123. The molecule has 5 heteroatoms. The van der Waals surface area contributed by atoms with E-state index in [9.17, 15) is 4.79 Å². The highest BCUT2D eigenvalue weighted by Gasteiger charge is 2.06. The van der Waals surface area contributed by atoms with E-state index < -0.39 is 0 Å². The number of carbonyl (C=O) groups is 1. The van der Waals surface area contributed by atoms with E-state index in [1.807, 2.05) is 30.3 Å². The van der Waals surface area contributed by atoms with Gasteiger partial charge in [-0.25, -0.2) is 0 Å². The highest BCUT2D eigenvalue weighted by atomic mass is 35.5. The van der Waals surface area contributed by atoms with Crippen LogP contribution in [-0.2, 0) is 11.3 Å². The number of halogens is 1. The predicted octanol–water partition coefficient (Wildman–Crippen LogP) is 3.04. The van der Waals surface area contributed by atoms with E-state index in [0.717, 1.165) is 5.56 Å². The maximum atomic E-state index is 11.8. The zero-order valence-electron chi connectivity index (χ0n) is 11.6. The van der Waals surface area contributed by atoms with Crippen LogP contribution in [0.15, 0.2) is 48.5 Å². The molecule has 0 radical (unpaired) electrons. The summed E-state index contributed by atoms with van der Waals surface area (Å²) in [6.45, 7) is 0.343. The largest absolute Gasteiger partial charge is 0.493 e. The third kappa shape index (κ3) is 4.68. The van der Waals surface area contributed by atoms with Gasteiger partial charge in [-0.2, -0.15) is 0 Å². The van der Waals surface area contributed by atoms with E-state index in [-0.39, 0.29) is 12.5 Å². The molecule has 0 bridgehead atoms. The molecule has 0 fully saturated rings. The van der Waals surface area contributed by atoms with Crippen molar-refractivity contribution in [1.82, 2.24) is 5.32 Å². The van der Waals surface area contributed by atoms with Gasteiger partial charge in [-0.15, -0.1) is 0 Å². The Bertz CT molecular complexity index is 616. The van der Waals surface area contributed by atoms with Gasteiger partial charge in [0.25, 0.3) is 5.91 Å². The number of hydrogen-bond acceptors (Lipinski definition) is 3. The normalized spacial score (nSPS) is 10.0. The molecule has 0 aliphatic carbocycles. The molecule has 0 saturated heterocycles. The minimum absolute atomic E-state index is 0.0685. The van der Waals surface area contributed by atoms with Gasteiger partial charge in [-0.05, 0) is 29.8 Å². The zero-order valence-corrected chi connectivity index (χ0v) is 12.4. The van der Waals surface area contributed by atoms with Crippen molar-refractivity contribution in [2.24, 2.45) is 0 Å². The van der Waals surface area contributed by atoms with Crippen molar-refractivity contribution in [3.8, 4) is 11.5 Å². The van der Waals surface area contributed by atoms with Crippen LogP contribution in [0.1, 0.15) is 5.56 Å². The highest BCUT2D eigenvalue weighted by molar-refractivity contribution is 6.30. The summed E-state index contributed by atoms with van der Waals surface area (Å²) in [5.74, 6) is 0.930. The number of methoxy groups -OCH3 is 1. The summed E-state index contributed by atoms with van der Waals surface area (Å²) in [4.78, 5) is 11.8. The second kappa shape index (κ2) is 7.55. The number of ether oxygens (including phenoxy) is 2. The lowest BCUT2D eigenvalue weighted by Crippen LogP contribution is -2.28. The number of hydrogen-bond donors (Lipinski definition) is 1. The molecule has 2 rings (SSSR count). The first-order valence-corrected chi connectivity index (χ1v) is 6.84. The third-order valence-corrected chi connectivity index (χ3v) is 3.04. The Balaban J connectivity index is 1.82. The molecule has 21 heavy (non-hydrogen) atoms. The Kier molecular flexibility index (Phi) is 5.46. The van der Waals surface area contributed by atoms with Crippen molar-refractivity contribution in [1.29, 1.82) is 0 Å². The molecule has 0 unspecified atom stereocenters. The summed E-state index contributed by atoms with van der Waals surface area (Å²) in [7, 11) is 1.56. The molecule has 4 nitrogen and oxygen atoms in total. The third-order valence-electron chi connectivity index (χ3n) is 2.81. The van der Waals surface area contributed by atoms with Crippen molar-refractivity contribution in [3.63, 3.8) is 0 Å².